The normalized spacial score (nSPS) is 16.2. The van der Waals surface area contributed by atoms with Gasteiger partial charge in [-0.2, -0.15) is 4.31 Å². The van der Waals surface area contributed by atoms with E-state index in [1.807, 2.05) is 0 Å². The summed E-state index contributed by atoms with van der Waals surface area (Å²) in [5.41, 5.74) is 0.126. The summed E-state index contributed by atoms with van der Waals surface area (Å²) in [6.07, 6.45) is 3.55. The molecule has 1 saturated heterocycles. The fourth-order valence-corrected chi connectivity index (χ4v) is 6.28. The monoisotopic (exact) mass is 473 g/mol. The zero-order chi connectivity index (χ0) is 22.0. The van der Waals surface area contributed by atoms with Crippen molar-refractivity contribution in [3.63, 3.8) is 0 Å². The van der Waals surface area contributed by atoms with Crippen molar-refractivity contribution in [1.29, 1.82) is 0 Å². The first-order valence-corrected chi connectivity index (χ1v) is 14.0. The van der Waals surface area contributed by atoms with E-state index in [1.165, 1.54) is 40.7 Å². The van der Waals surface area contributed by atoms with Gasteiger partial charge in [-0.25, -0.2) is 25.3 Å². The average Bonchev–Trinajstić information content (AvgIpc) is 2.69. The largest absolute Gasteiger partial charge is 0.282 e. The summed E-state index contributed by atoms with van der Waals surface area (Å²) >= 11 is 0. The van der Waals surface area contributed by atoms with Crippen LogP contribution in [0.15, 0.2) is 58.3 Å². The molecule has 0 unspecified atom stereocenters. The first-order chi connectivity index (χ1) is 14.0. The van der Waals surface area contributed by atoms with Gasteiger partial charge >= 0.3 is 0 Å². The van der Waals surface area contributed by atoms with E-state index >= 15 is 0 Å². The van der Waals surface area contributed by atoms with E-state index in [-0.39, 0.29) is 21.2 Å². The first kappa shape index (κ1) is 22.5. The van der Waals surface area contributed by atoms with Gasteiger partial charge in [-0.15, -0.1) is 0 Å². The van der Waals surface area contributed by atoms with Gasteiger partial charge in [-0.1, -0.05) is 18.6 Å². The molecular weight excluding hydrogens is 450 g/mol. The van der Waals surface area contributed by atoms with Crippen molar-refractivity contribution in [2.45, 2.75) is 29.1 Å². The lowest BCUT2D eigenvalue weighted by Gasteiger charge is -2.25. The maximum absolute atomic E-state index is 12.7. The SMILES string of the molecule is CS(=O)(=O)Nc1ccccc1NS(=O)(=O)c1ccc(S(=O)(=O)N2CCCCC2)cc1. The second kappa shape index (κ2) is 8.53. The minimum atomic E-state index is -4.07. The Hall–Kier alpha value is -2.15. The molecule has 0 atom stereocenters. The summed E-state index contributed by atoms with van der Waals surface area (Å²) in [6.45, 7) is 0.905. The summed E-state index contributed by atoms with van der Waals surface area (Å²) < 4.78 is 79.9. The van der Waals surface area contributed by atoms with Crippen LogP contribution in [0.1, 0.15) is 19.3 Å². The van der Waals surface area contributed by atoms with E-state index < -0.39 is 30.1 Å². The number of piperidine rings is 1. The van der Waals surface area contributed by atoms with Crippen molar-refractivity contribution in [2.24, 2.45) is 0 Å². The minimum absolute atomic E-state index is 0.0301. The zero-order valence-electron chi connectivity index (χ0n) is 16.3. The Kier molecular flexibility index (Phi) is 6.41. The molecule has 0 spiro atoms. The predicted octanol–water partition coefficient (Wildman–Crippen LogP) is 2.03. The van der Waals surface area contributed by atoms with Crippen LogP contribution in [0.5, 0.6) is 0 Å². The highest BCUT2D eigenvalue weighted by atomic mass is 32.2. The molecule has 12 heteroatoms. The summed E-state index contributed by atoms with van der Waals surface area (Å²) in [5.74, 6) is 0. The molecule has 164 valence electrons. The number of benzene rings is 2. The van der Waals surface area contributed by atoms with Crippen LogP contribution in [0.4, 0.5) is 11.4 Å². The highest BCUT2D eigenvalue weighted by molar-refractivity contribution is 7.93. The van der Waals surface area contributed by atoms with Gasteiger partial charge in [-0.3, -0.25) is 9.44 Å². The molecule has 2 aromatic rings. The maximum atomic E-state index is 12.7. The molecule has 0 aliphatic carbocycles. The summed E-state index contributed by atoms with van der Waals surface area (Å²) in [4.78, 5) is -0.114. The van der Waals surface area contributed by atoms with Crippen LogP contribution in [0.25, 0.3) is 0 Å². The van der Waals surface area contributed by atoms with Gasteiger partial charge < -0.3 is 0 Å². The number of para-hydroxylation sites is 2. The van der Waals surface area contributed by atoms with Crippen molar-refractivity contribution < 1.29 is 25.3 Å². The molecule has 0 bridgehead atoms. The molecule has 0 amide bonds. The van der Waals surface area contributed by atoms with Crippen LogP contribution in [-0.2, 0) is 30.1 Å². The molecule has 1 heterocycles. The van der Waals surface area contributed by atoms with E-state index in [2.05, 4.69) is 9.44 Å². The van der Waals surface area contributed by atoms with Gasteiger partial charge in [-0.05, 0) is 49.2 Å². The number of anilines is 2. The number of sulfonamides is 3. The van der Waals surface area contributed by atoms with Gasteiger partial charge in [0.15, 0.2) is 0 Å². The molecule has 1 fully saturated rings. The van der Waals surface area contributed by atoms with Crippen LogP contribution in [0.3, 0.4) is 0 Å². The summed E-state index contributed by atoms with van der Waals surface area (Å²) in [5, 5.41) is 0. The number of nitrogens with one attached hydrogen (secondary N) is 2. The third kappa shape index (κ3) is 5.31. The van der Waals surface area contributed by atoms with Gasteiger partial charge in [0.2, 0.25) is 20.0 Å². The van der Waals surface area contributed by atoms with Gasteiger partial charge in [0, 0.05) is 13.1 Å². The number of rotatable bonds is 7. The lowest BCUT2D eigenvalue weighted by atomic mass is 10.2. The Morgan fingerprint density at radius 3 is 1.73 bits per heavy atom. The topological polar surface area (TPSA) is 130 Å². The minimum Gasteiger partial charge on any atom is -0.282 e. The van der Waals surface area contributed by atoms with Gasteiger partial charge in [0.05, 0.1) is 27.4 Å². The molecule has 0 saturated carbocycles. The van der Waals surface area contributed by atoms with Crippen molar-refractivity contribution >= 4 is 41.4 Å². The quantitative estimate of drug-likeness (QED) is 0.633. The third-order valence-corrected chi connectivity index (χ3v) is 8.44. The molecule has 1 aliphatic heterocycles. The van der Waals surface area contributed by atoms with Crippen molar-refractivity contribution in [1.82, 2.24) is 4.31 Å². The average molecular weight is 474 g/mol. The molecule has 2 aromatic carbocycles. The van der Waals surface area contributed by atoms with Crippen molar-refractivity contribution in [2.75, 3.05) is 28.8 Å². The van der Waals surface area contributed by atoms with Crippen LogP contribution in [0.2, 0.25) is 0 Å². The van der Waals surface area contributed by atoms with Crippen LogP contribution >= 0.6 is 0 Å². The fraction of sp³-hybridized carbons (Fsp3) is 0.333. The van der Waals surface area contributed by atoms with E-state index in [1.54, 1.807) is 12.1 Å². The zero-order valence-corrected chi connectivity index (χ0v) is 18.7. The van der Waals surface area contributed by atoms with E-state index in [0.29, 0.717) is 13.1 Å². The second-order valence-electron chi connectivity index (χ2n) is 6.96. The van der Waals surface area contributed by atoms with E-state index in [4.69, 9.17) is 0 Å². The predicted molar refractivity (Wildman–Crippen MR) is 115 cm³/mol. The molecule has 9 nitrogen and oxygen atoms in total. The molecule has 3 rings (SSSR count). The number of hydrogen-bond donors (Lipinski definition) is 2. The Labute approximate surface area is 177 Å². The third-order valence-electron chi connectivity index (χ3n) is 4.55. The lowest BCUT2D eigenvalue weighted by molar-refractivity contribution is 0.346. The highest BCUT2D eigenvalue weighted by Gasteiger charge is 2.26. The molecule has 0 aromatic heterocycles. The fourth-order valence-electron chi connectivity index (χ4n) is 3.11. The summed E-state index contributed by atoms with van der Waals surface area (Å²) in [7, 11) is -11.3. The Balaban J connectivity index is 1.84. The van der Waals surface area contributed by atoms with Crippen molar-refractivity contribution in [3.05, 3.63) is 48.5 Å². The first-order valence-electron chi connectivity index (χ1n) is 9.19. The molecule has 0 radical (unpaired) electrons. The second-order valence-corrected chi connectivity index (χ2v) is 12.3. The standard InChI is InChI=1S/C18H23N3O6S3/c1-28(22,23)19-17-7-3-4-8-18(17)20-29(24,25)15-9-11-16(12-10-15)30(26,27)21-13-5-2-6-14-21/h3-4,7-12,19-20H,2,5-6,13-14H2,1H3. The van der Waals surface area contributed by atoms with E-state index in [0.717, 1.165) is 25.5 Å². The summed E-state index contributed by atoms with van der Waals surface area (Å²) in [6, 6.07) is 10.9. The Morgan fingerprint density at radius 2 is 1.20 bits per heavy atom. The molecule has 1 aliphatic rings. The van der Waals surface area contributed by atoms with Crippen molar-refractivity contribution in [3.8, 4) is 0 Å². The molecular formula is C18H23N3O6S3. The Morgan fingerprint density at radius 1 is 0.700 bits per heavy atom. The molecule has 2 N–H and O–H groups in total. The van der Waals surface area contributed by atoms with Crippen LogP contribution < -0.4 is 9.44 Å². The van der Waals surface area contributed by atoms with Gasteiger partial charge in [0.25, 0.3) is 10.0 Å². The highest BCUT2D eigenvalue weighted by Crippen LogP contribution is 2.26. The number of hydrogen-bond acceptors (Lipinski definition) is 6. The van der Waals surface area contributed by atoms with E-state index in [9.17, 15) is 25.3 Å². The smallest absolute Gasteiger partial charge is 0.261 e. The van der Waals surface area contributed by atoms with Gasteiger partial charge in [0.1, 0.15) is 0 Å². The lowest BCUT2D eigenvalue weighted by Crippen LogP contribution is -2.35. The van der Waals surface area contributed by atoms with Crippen LogP contribution in [-0.4, -0.2) is 48.9 Å². The maximum Gasteiger partial charge on any atom is 0.261 e. The van der Waals surface area contributed by atoms with Crippen LogP contribution in [0, 0.1) is 0 Å². The number of nitrogens with zero attached hydrogens (tertiary/aromatic N) is 1. The molecule has 30 heavy (non-hydrogen) atoms. The Bertz CT molecular complexity index is 1220.